The predicted octanol–water partition coefficient (Wildman–Crippen LogP) is 4.41. The fraction of sp³-hybridized carbons (Fsp3) is 0.136. The molecule has 0 bridgehead atoms. The molecule has 0 aliphatic carbocycles. The van der Waals surface area contributed by atoms with Crippen molar-refractivity contribution in [2.24, 2.45) is 0 Å². The molecule has 0 fully saturated rings. The molecule has 0 unspecified atom stereocenters. The van der Waals surface area contributed by atoms with Crippen molar-refractivity contribution in [3.63, 3.8) is 0 Å². The average molecular weight is 447 g/mol. The van der Waals surface area contributed by atoms with Crippen LogP contribution in [0.3, 0.4) is 0 Å². The van der Waals surface area contributed by atoms with E-state index in [1.165, 1.54) is 53.4 Å². The van der Waals surface area contributed by atoms with Gasteiger partial charge in [-0.05, 0) is 67.6 Å². The predicted molar refractivity (Wildman–Crippen MR) is 116 cm³/mol. The summed E-state index contributed by atoms with van der Waals surface area (Å²) in [6.07, 6.45) is 0. The SMILES string of the molecule is Cc1ccc(C(=O)N(CCNS(=O)(=O)c2ccc(Cl)cc2)c2ccc(F)cc2)cc1. The minimum absolute atomic E-state index is 0.0278. The second-order valence-electron chi connectivity index (χ2n) is 6.65. The van der Waals surface area contributed by atoms with Crippen LogP contribution >= 0.6 is 11.6 Å². The van der Waals surface area contributed by atoms with Gasteiger partial charge in [-0.15, -0.1) is 0 Å². The van der Waals surface area contributed by atoms with Gasteiger partial charge in [-0.25, -0.2) is 17.5 Å². The third-order valence-electron chi connectivity index (χ3n) is 4.43. The Balaban J connectivity index is 1.78. The van der Waals surface area contributed by atoms with Crippen LogP contribution in [0.25, 0.3) is 0 Å². The Kier molecular flexibility index (Phi) is 6.87. The molecule has 0 saturated heterocycles. The molecule has 0 heterocycles. The van der Waals surface area contributed by atoms with E-state index in [2.05, 4.69) is 4.72 Å². The molecule has 1 N–H and O–H groups in total. The van der Waals surface area contributed by atoms with E-state index in [0.29, 0.717) is 16.3 Å². The second kappa shape index (κ2) is 9.38. The molecule has 0 radical (unpaired) electrons. The smallest absolute Gasteiger partial charge is 0.258 e. The van der Waals surface area contributed by atoms with Gasteiger partial charge in [0, 0.05) is 29.4 Å². The highest BCUT2D eigenvalue weighted by Crippen LogP contribution is 2.19. The zero-order valence-corrected chi connectivity index (χ0v) is 17.8. The Morgan fingerprint density at radius 2 is 1.57 bits per heavy atom. The van der Waals surface area contributed by atoms with Crippen LogP contribution in [0.2, 0.25) is 5.02 Å². The quantitative estimate of drug-likeness (QED) is 0.584. The summed E-state index contributed by atoms with van der Waals surface area (Å²) < 4.78 is 40.8. The van der Waals surface area contributed by atoms with Crippen LogP contribution in [-0.4, -0.2) is 27.4 Å². The van der Waals surface area contributed by atoms with Crippen LogP contribution < -0.4 is 9.62 Å². The molecule has 5 nitrogen and oxygen atoms in total. The highest BCUT2D eigenvalue weighted by Gasteiger charge is 2.20. The number of hydrogen-bond acceptors (Lipinski definition) is 3. The van der Waals surface area contributed by atoms with Gasteiger partial charge in [0.15, 0.2) is 0 Å². The van der Waals surface area contributed by atoms with Crippen molar-refractivity contribution < 1.29 is 17.6 Å². The summed E-state index contributed by atoms with van der Waals surface area (Å²) in [5, 5.41) is 0.431. The first kappa shape index (κ1) is 22.0. The van der Waals surface area contributed by atoms with Crippen molar-refractivity contribution in [2.75, 3.05) is 18.0 Å². The number of carbonyl (C=O) groups is 1. The van der Waals surface area contributed by atoms with Crippen LogP contribution in [0, 0.1) is 12.7 Å². The molecule has 0 aliphatic rings. The van der Waals surface area contributed by atoms with Crippen LogP contribution in [-0.2, 0) is 10.0 Å². The highest BCUT2D eigenvalue weighted by atomic mass is 35.5. The van der Waals surface area contributed by atoms with Gasteiger partial charge in [0.05, 0.1) is 4.90 Å². The summed E-state index contributed by atoms with van der Waals surface area (Å²) in [5.41, 5.74) is 1.92. The number of carbonyl (C=O) groups excluding carboxylic acids is 1. The molecule has 0 atom stereocenters. The summed E-state index contributed by atoms with van der Waals surface area (Å²) in [6.45, 7) is 1.95. The third kappa shape index (κ3) is 5.44. The molecule has 0 aliphatic heterocycles. The number of benzene rings is 3. The molecule has 3 aromatic rings. The topological polar surface area (TPSA) is 66.5 Å². The maximum atomic E-state index is 13.3. The Bertz CT molecular complexity index is 1120. The Hall–Kier alpha value is -2.74. The van der Waals surface area contributed by atoms with Crippen molar-refractivity contribution in [1.29, 1.82) is 0 Å². The molecule has 0 spiro atoms. The highest BCUT2D eigenvalue weighted by molar-refractivity contribution is 7.89. The van der Waals surface area contributed by atoms with Crippen molar-refractivity contribution in [3.8, 4) is 0 Å². The van der Waals surface area contributed by atoms with Gasteiger partial charge < -0.3 is 4.90 Å². The minimum atomic E-state index is -3.76. The van der Waals surface area contributed by atoms with Gasteiger partial charge in [-0.1, -0.05) is 29.3 Å². The van der Waals surface area contributed by atoms with E-state index >= 15 is 0 Å². The maximum Gasteiger partial charge on any atom is 0.258 e. The standard InChI is InChI=1S/C22H20ClFN2O3S/c1-16-2-4-17(5-3-16)22(27)26(20-10-8-19(24)9-11-20)15-14-25-30(28,29)21-12-6-18(23)7-13-21/h2-13,25H,14-15H2,1H3. The number of aryl methyl sites for hydroxylation is 1. The molecular formula is C22H20ClFN2O3S. The molecule has 3 rings (SSSR count). The van der Waals surface area contributed by atoms with Gasteiger partial charge in [0.25, 0.3) is 5.91 Å². The number of rotatable bonds is 7. The molecule has 8 heteroatoms. The van der Waals surface area contributed by atoms with Gasteiger partial charge in [-0.3, -0.25) is 4.79 Å². The zero-order valence-electron chi connectivity index (χ0n) is 16.2. The first-order valence-corrected chi connectivity index (χ1v) is 11.0. The molecule has 3 aromatic carbocycles. The van der Waals surface area contributed by atoms with E-state index in [9.17, 15) is 17.6 Å². The Labute approximate surface area is 180 Å². The summed E-state index contributed by atoms with van der Waals surface area (Å²) in [7, 11) is -3.76. The number of nitrogens with one attached hydrogen (secondary N) is 1. The summed E-state index contributed by atoms with van der Waals surface area (Å²) in [4.78, 5) is 14.5. The van der Waals surface area contributed by atoms with Gasteiger partial charge in [0.1, 0.15) is 5.82 Å². The number of amides is 1. The lowest BCUT2D eigenvalue weighted by atomic mass is 10.1. The second-order valence-corrected chi connectivity index (χ2v) is 8.85. The monoisotopic (exact) mass is 446 g/mol. The summed E-state index contributed by atoms with van der Waals surface area (Å²) >= 11 is 5.80. The lowest BCUT2D eigenvalue weighted by molar-refractivity contribution is 0.0987. The lowest BCUT2D eigenvalue weighted by Gasteiger charge is -2.23. The minimum Gasteiger partial charge on any atom is -0.307 e. The molecule has 0 aromatic heterocycles. The van der Waals surface area contributed by atoms with Gasteiger partial charge >= 0.3 is 0 Å². The van der Waals surface area contributed by atoms with Crippen LogP contribution in [0.4, 0.5) is 10.1 Å². The van der Waals surface area contributed by atoms with E-state index in [1.807, 2.05) is 19.1 Å². The Morgan fingerprint density at radius 3 is 2.17 bits per heavy atom. The molecular weight excluding hydrogens is 427 g/mol. The van der Waals surface area contributed by atoms with E-state index in [4.69, 9.17) is 11.6 Å². The van der Waals surface area contributed by atoms with Crippen molar-refractivity contribution in [1.82, 2.24) is 4.72 Å². The first-order chi connectivity index (χ1) is 14.3. The number of anilines is 1. The van der Waals surface area contributed by atoms with Gasteiger partial charge in [0.2, 0.25) is 10.0 Å². The summed E-state index contributed by atoms with van der Waals surface area (Å²) in [6, 6.07) is 18.3. The molecule has 30 heavy (non-hydrogen) atoms. The molecule has 156 valence electrons. The van der Waals surface area contributed by atoms with E-state index in [1.54, 1.807) is 12.1 Å². The average Bonchev–Trinajstić information content (AvgIpc) is 2.72. The number of hydrogen-bond donors (Lipinski definition) is 1. The van der Waals surface area contributed by atoms with Gasteiger partial charge in [-0.2, -0.15) is 0 Å². The van der Waals surface area contributed by atoms with Crippen molar-refractivity contribution in [2.45, 2.75) is 11.8 Å². The van der Waals surface area contributed by atoms with Crippen LogP contribution in [0.1, 0.15) is 15.9 Å². The molecule has 0 saturated carbocycles. The van der Waals surface area contributed by atoms with E-state index < -0.39 is 15.8 Å². The lowest BCUT2D eigenvalue weighted by Crippen LogP contribution is -2.38. The fourth-order valence-electron chi connectivity index (χ4n) is 2.81. The van der Waals surface area contributed by atoms with E-state index in [-0.39, 0.29) is 23.9 Å². The summed E-state index contributed by atoms with van der Waals surface area (Å²) in [5.74, 6) is -0.739. The number of sulfonamides is 1. The number of nitrogens with zero attached hydrogens (tertiary/aromatic N) is 1. The van der Waals surface area contributed by atoms with Crippen molar-refractivity contribution >= 4 is 33.2 Å². The zero-order chi connectivity index (χ0) is 21.7. The van der Waals surface area contributed by atoms with Crippen LogP contribution in [0.15, 0.2) is 77.7 Å². The number of halogens is 2. The molecule has 1 amide bonds. The van der Waals surface area contributed by atoms with Crippen LogP contribution in [0.5, 0.6) is 0 Å². The van der Waals surface area contributed by atoms with Crippen molar-refractivity contribution in [3.05, 3.63) is 94.8 Å². The first-order valence-electron chi connectivity index (χ1n) is 9.15. The fourth-order valence-corrected chi connectivity index (χ4v) is 3.96. The largest absolute Gasteiger partial charge is 0.307 e. The maximum absolute atomic E-state index is 13.3. The normalized spacial score (nSPS) is 11.3. The third-order valence-corrected chi connectivity index (χ3v) is 6.16. The Morgan fingerprint density at radius 1 is 0.967 bits per heavy atom. The van der Waals surface area contributed by atoms with E-state index in [0.717, 1.165) is 5.56 Å².